The summed E-state index contributed by atoms with van der Waals surface area (Å²) in [5.74, 6) is -0.225. The number of sulfonamides is 1. The molecule has 1 N–H and O–H groups in total. The van der Waals surface area contributed by atoms with Crippen LogP contribution in [0.4, 0.5) is 18.9 Å². The third kappa shape index (κ3) is 4.88. The van der Waals surface area contributed by atoms with Crippen LogP contribution in [0.25, 0.3) is 0 Å². The summed E-state index contributed by atoms with van der Waals surface area (Å²) in [5.41, 5.74) is 0.784. The molecule has 4 nitrogen and oxygen atoms in total. The highest BCUT2D eigenvalue weighted by Gasteiger charge is 2.29. The fourth-order valence-corrected chi connectivity index (χ4v) is 3.46. The highest BCUT2D eigenvalue weighted by molar-refractivity contribution is 9.10. The van der Waals surface area contributed by atoms with Gasteiger partial charge in [0.15, 0.2) is 6.61 Å². The Bertz CT molecular complexity index is 821. The molecule has 24 heavy (non-hydrogen) atoms. The van der Waals surface area contributed by atoms with Gasteiger partial charge in [-0.05, 0) is 47.1 Å². The van der Waals surface area contributed by atoms with Crippen LogP contribution in [0.3, 0.4) is 0 Å². The number of benzene rings is 2. The Morgan fingerprint density at radius 3 is 2.33 bits per heavy atom. The number of hydrogen-bond donors (Lipinski definition) is 1. The monoisotopic (exact) mass is 423 g/mol. The number of aryl methyl sites for hydroxylation is 1. The number of ether oxygens (including phenoxy) is 1. The Morgan fingerprint density at radius 1 is 1.12 bits per heavy atom. The molecule has 0 aromatic heterocycles. The standard InChI is InChI=1S/C15H13BrF3NO3S/c1-10-5-7-11(8-6-10)24(21,22)20-14-12(16)3-2-4-13(14)23-9-15(17,18)19/h2-8,20H,9H2,1H3. The van der Waals surface area contributed by atoms with E-state index in [-0.39, 0.29) is 20.8 Å². The predicted octanol–water partition coefficient (Wildman–Crippen LogP) is 4.50. The summed E-state index contributed by atoms with van der Waals surface area (Å²) in [5, 5.41) is 0. The van der Waals surface area contributed by atoms with Crippen molar-refractivity contribution in [3.05, 3.63) is 52.5 Å². The van der Waals surface area contributed by atoms with Crippen LogP contribution in [0.5, 0.6) is 5.75 Å². The molecule has 0 radical (unpaired) electrons. The maximum Gasteiger partial charge on any atom is 0.422 e. The molecule has 2 aromatic rings. The number of halogens is 4. The topological polar surface area (TPSA) is 55.4 Å². The third-order valence-electron chi connectivity index (χ3n) is 2.93. The number of rotatable bonds is 5. The fraction of sp³-hybridized carbons (Fsp3) is 0.200. The number of nitrogens with one attached hydrogen (secondary N) is 1. The van der Waals surface area contributed by atoms with E-state index in [1.165, 1.54) is 30.3 Å². The van der Waals surface area contributed by atoms with Gasteiger partial charge in [-0.25, -0.2) is 8.42 Å². The quantitative estimate of drug-likeness (QED) is 0.769. The second kappa shape index (κ2) is 7.02. The average molecular weight is 424 g/mol. The summed E-state index contributed by atoms with van der Waals surface area (Å²) in [7, 11) is -3.97. The predicted molar refractivity (Wildman–Crippen MR) is 87.7 cm³/mol. The van der Waals surface area contributed by atoms with E-state index in [9.17, 15) is 21.6 Å². The lowest BCUT2D eigenvalue weighted by Gasteiger charge is -2.16. The zero-order valence-corrected chi connectivity index (χ0v) is 14.8. The molecule has 2 rings (SSSR count). The third-order valence-corrected chi connectivity index (χ3v) is 4.96. The van der Waals surface area contributed by atoms with Gasteiger partial charge in [-0.2, -0.15) is 13.2 Å². The molecule has 0 aliphatic heterocycles. The van der Waals surface area contributed by atoms with Crippen molar-refractivity contribution in [3.63, 3.8) is 0 Å². The van der Waals surface area contributed by atoms with E-state index >= 15 is 0 Å². The van der Waals surface area contributed by atoms with Gasteiger partial charge in [-0.15, -0.1) is 0 Å². The molecular formula is C15H13BrF3NO3S. The lowest BCUT2D eigenvalue weighted by Crippen LogP contribution is -2.20. The maximum atomic E-state index is 12.4. The smallest absolute Gasteiger partial charge is 0.422 e. The minimum Gasteiger partial charge on any atom is -0.482 e. The minimum atomic E-state index is -4.53. The van der Waals surface area contributed by atoms with Crippen molar-refractivity contribution >= 4 is 31.6 Å². The van der Waals surface area contributed by atoms with Crippen LogP contribution in [0, 0.1) is 6.92 Å². The molecule has 0 saturated heterocycles. The normalized spacial score (nSPS) is 12.0. The van der Waals surface area contributed by atoms with Gasteiger partial charge in [-0.1, -0.05) is 23.8 Å². The first-order valence-electron chi connectivity index (χ1n) is 6.66. The molecule has 0 heterocycles. The Kier molecular flexibility index (Phi) is 5.44. The molecule has 0 fully saturated rings. The summed E-state index contributed by atoms with van der Waals surface area (Å²) >= 11 is 3.12. The van der Waals surface area contributed by atoms with Gasteiger partial charge in [0.25, 0.3) is 10.0 Å². The van der Waals surface area contributed by atoms with Crippen molar-refractivity contribution in [1.29, 1.82) is 0 Å². The maximum absolute atomic E-state index is 12.4. The molecule has 0 atom stereocenters. The van der Waals surface area contributed by atoms with Crippen LogP contribution in [0.1, 0.15) is 5.56 Å². The van der Waals surface area contributed by atoms with Crippen LogP contribution >= 0.6 is 15.9 Å². The van der Waals surface area contributed by atoms with Gasteiger partial charge in [0.05, 0.1) is 4.90 Å². The highest BCUT2D eigenvalue weighted by Crippen LogP contribution is 2.35. The van der Waals surface area contributed by atoms with Gasteiger partial charge in [-0.3, -0.25) is 4.72 Å². The van der Waals surface area contributed by atoms with E-state index in [0.717, 1.165) is 5.56 Å². The summed E-state index contributed by atoms with van der Waals surface area (Å²) in [4.78, 5) is -0.00868. The SMILES string of the molecule is Cc1ccc(S(=O)(=O)Nc2c(Br)cccc2OCC(F)(F)F)cc1. The first-order chi connectivity index (χ1) is 11.1. The Morgan fingerprint density at radius 2 is 1.75 bits per heavy atom. The van der Waals surface area contributed by atoms with Gasteiger partial charge >= 0.3 is 6.18 Å². The molecule has 0 aliphatic carbocycles. The van der Waals surface area contributed by atoms with E-state index in [2.05, 4.69) is 20.7 Å². The van der Waals surface area contributed by atoms with Crippen LogP contribution in [-0.2, 0) is 10.0 Å². The Hall–Kier alpha value is -1.74. The average Bonchev–Trinajstić information content (AvgIpc) is 2.47. The Balaban J connectivity index is 2.33. The van der Waals surface area contributed by atoms with Gasteiger partial charge in [0.2, 0.25) is 0 Å². The van der Waals surface area contributed by atoms with E-state index in [1.807, 2.05) is 0 Å². The van der Waals surface area contributed by atoms with Crippen molar-refractivity contribution in [3.8, 4) is 5.75 Å². The molecule has 0 amide bonds. The summed E-state index contributed by atoms with van der Waals surface area (Å²) in [6.07, 6.45) is -4.53. The van der Waals surface area contributed by atoms with Crippen molar-refractivity contribution in [2.45, 2.75) is 18.0 Å². The number of hydrogen-bond acceptors (Lipinski definition) is 3. The first-order valence-corrected chi connectivity index (χ1v) is 8.94. The second-order valence-corrected chi connectivity index (χ2v) is 7.47. The van der Waals surface area contributed by atoms with E-state index < -0.39 is 22.8 Å². The lowest BCUT2D eigenvalue weighted by atomic mass is 10.2. The van der Waals surface area contributed by atoms with Crippen LogP contribution in [-0.4, -0.2) is 21.2 Å². The molecular weight excluding hydrogens is 411 g/mol. The van der Waals surface area contributed by atoms with Crippen molar-refractivity contribution in [2.75, 3.05) is 11.3 Å². The van der Waals surface area contributed by atoms with Gasteiger partial charge in [0.1, 0.15) is 11.4 Å². The van der Waals surface area contributed by atoms with Crippen LogP contribution in [0.2, 0.25) is 0 Å². The molecule has 0 spiro atoms. The highest BCUT2D eigenvalue weighted by atomic mass is 79.9. The molecule has 130 valence electrons. The first kappa shape index (κ1) is 18.6. The number of para-hydroxylation sites is 1. The molecule has 0 saturated carbocycles. The van der Waals surface area contributed by atoms with E-state index in [1.54, 1.807) is 19.1 Å². The van der Waals surface area contributed by atoms with Gasteiger partial charge in [0, 0.05) is 4.47 Å². The molecule has 0 bridgehead atoms. The Labute approximate surface area is 145 Å². The minimum absolute atomic E-state index is 0.00868. The number of alkyl halides is 3. The van der Waals surface area contributed by atoms with Crippen molar-refractivity contribution in [2.24, 2.45) is 0 Å². The van der Waals surface area contributed by atoms with Crippen LogP contribution < -0.4 is 9.46 Å². The van der Waals surface area contributed by atoms with E-state index in [0.29, 0.717) is 0 Å². The second-order valence-electron chi connectivity index (χ2n) is 4.94. The summed E-state index contributed by atoms with van der Waals surface area (Å²) in [6, 6.07) is 10.2. The zero-order valence-electron chi connectivity index (χ0n) is 12.4. The summed E-state index contributed by atoms with van der Waals surface area (Å²) < 4.78 is 69.1. The van der Waals surface area contributed by atoms with E-state index in [4.69, 9.17) is 4.74 Å². The zero-order chi connectivity index (χ0) is 18.0. The largest absolute Gasteiger partial charge is 0.482 e. The molecule has 2 aromatic carbocycles. The van der Waals surface area contributed by atoms with Crippen molar-refractivity contribution in [1.82, 2.24) is 0 Å². The van der Waals surface area contributed by atoms with Crippen LogP contribution in [0.15, 0.2) is 51.8 Å². The number of anilines is 1. The fourth-order valence-electron chi connectivity index (χ4n) is 1.79. The molecule has 9 heteroatoms. The molecule has 0 unspecified atom stereocenters. The lowest BCUT2D eigenvalue weighted by molar-refractivity contribution is -0.153. The summed E-state index contributed by atoms with van der Waals surface area (Å²) in [6.45, 7) is 0.281. The van der Waals surface area contributed by atoms with Gasteiger partial charge < -0.3 is 4.74 Å². The molecule has 0 aliphatic rings. The van der Waals surface area contributed by atoms with Crippen molar-refractivity contribution < 1.29 is 26.3 Å².